The Hall–Kier alpha value is -4.84. The van der Waals surface area contributed by atoms with Gasteiger partial charge in [-0.25, -0.2) is 0 Å². The maximum absolute atomic E-state index is 10.0. The number of carbonyl (C=O) groups is 2. The fourth-order valence-electron chi connectivity index (χ4n) is 4.91. The number of aromatic nitrogens is 4. The van der Waals surface area contributed by atoms with Crippen molar-refractivity contribution >= 4 is 55.0 Å². The topological polar surface area (TPSA) is 139 Å². The molecule has 2 aromatic carbocycles. The van der Waals surface area contributed by atoms with E-state index in [-0.39, 0.29) is 65.2 Å². The van der Waals surface area contributed by atoms with Gasteiger partial charge in [-0.2, -0.15) is 0 Å². The summed E-state index contributed by atoms with van der Waals surface area (Å²) in [6.45, 7) is 5.70. The van der Waals surface area contributed by atoms with Crippen molar-refractivity contribution in [1.82, 2.24) is 19.9 Å². The molecule has 254 valence electrons. The van der Waals surface area contributed by atoms with E-state index in [9.17, 15) is 9.59 Å². The van der Waals surface area contributed by atoms with Crippen LogP contribution in [0.2, 0.25) is 0 Å². The summed E-state index contributed by atoms with van der Waals surface area (Å²) in [5.74, 6) is -0.125. The van der Waals surface area contributed by atoms with E-state index in [1.165, 1.54) is 39.8 Å². The number of aliphatic hydroxyl groups excluding tert-OH is 2. The van der Waals surface area contributed by atoms with Crippen LogP contribution in [-0.2, 0) is 51.7 Å². The van der Waals surface area contributed by atoms with Crippen molar-refractivity contribution < 1.29 is 66.3 Å². The summed E-state index contributed by atoms with van der Waals surface area (Å²) in [4.78, 5) is 37.8. The molecule has 5 heterocycles. The number of ketones is 2. The molecule has 0 aliphatic heterocycles. The molecule has 0 spiro atoms. The molecule has 7 rings (SSSR count). The zero-order chi connectivity index (χ0) is 33.5. The van der Waals surface area contributed by atoms with Crippen LogP contribution in [0.25, 0.3) is 66.0 Å². The average molecular weight is 1010 g/mol. The van der Waals surface area contributed by atoms with Gasteiger partial charge in [0, 0.05) is 113 Å². The standard InChI is InChI=1S/C28H14N4O.2C5H8O2.2Pt/c1-3-21-22-4-2-6-24(26-12-20-14-30-10-8-18(20)16-32-26)28(22)33-27(21)23(5-1)25-11-19-13-29-9-7-17(19)15-31-25;2*1-4(6)3-5(2)7;;/h1-4,7-16H;2*3,6H,1-2H3;;/q-2;;;;/b;2*4-3-;;. The van der Waals surface area contributed by atoms with E-state index < -0.39 is 0 Å². The summed E-state index contributed by atoms with van der Waals surface area (Å²) in [6.07, 6.45) is 13.3. The van der Waals surface area contributed by atoms with E-state index >= 15 is 0 Å². The molecular weight excluding hydrogens is 983 g/mol. The molecule has 0 atom stereocenters. The van der Waals surface area contributed by atoms with Crippen molar-refractivity contribution in [1.29, 1.82) is 0 Å². The predicted molar refractivity (Wildman–Crippen MR) is 183 cm³/mol. The third kappa shape index (κ3) is 9.62. The van der Waals surface area contributed by atoms with Crippen LogP contribution in [0.1, 0.15) is 27.7 Å². The maximum Gasteiger partial charge on any atom is 0.155 e. The molecule has 11 heteroatoms. The summed E-state index contributed by atoms with van der Waals surface area (Å²) in [6, 6.07) is 22.5. The quantitative estimate of drug-likeness (QED) is 0.101. The van der Waals surface area contributed by atoms with Gasteiger partial charge in [-0.15, -0.1) is 36.4 Å². The van der Waals surface area contributed by atoms with Crippen molar-refractivity contribution in [3.05, 3.63) is 122 Å². The molecule has 0 amide bonds. The molecule has 0 radical (unpaired) electrons. The maximum atomic E-state index is 10.0. The van der Waals surface area contributed by atoms with E-state index in [4.69, 9.17) is 14.6 Å². The minimum absolute atomic E-state index is 0. The van der Waals surface area contributed by atoms with Crippen LogP contribution in [0.4, 0.5) is 0 Å². The van der Waals surface area contributed by atoms with Crippen LogP contribution in [0.5, 0.6) is 0 Å². The van der Waals surface area contributed by atoms with Crippen LogP contribution >= 0.6 is 0 Å². The summed E-state index contributed by atoms with van der Waals surface area (Å²) in [7, 11) is 0. The van der Waals surface area contributed by atoms with Crippen molar-refractivity contribution in [3.63, 3.8) is 0 Å². The number of fused-ring (bicyclic) bond motifs is 5. The van der Waals surface area contributed by atoms with Gasteiger partial charge in [-0.05, 0) is 62.0 Å². The molecule has 5 aromatic heterocycles. The minimum atomic E-state index is -0.125. The first-order chi connectivity index (χ1) is 22.6. The first kappa shape index (κ1) is 38.6. The zero-order valence-corrected chi connectivity index (χ0v) is 31.3. The Kier molecular flexibility index (Phi) is 13.8. The second kappa shape index (κ2) is 17.5. The van der Waals surface area contributed by atoms with Gasteiger partial charge in [0.25, 0.3) is 0 Å². The minimum Gasteiger partial charge on any atom is -0.545 e. The van der Waals surface area contributed by atoms with Gasteiger partial charge in [0.05, 0.1) is 11.5 Å². The molecule has 7 aromatic rings. The van der Waals surface area contributed by atoms with Crippen LogP contribution < -0.4 is 0 Å². The van der Waals surface area contributed by atoms with Crippen LogP contribution in [0.3, 0.4) is 0 Å². The Morgan fingerprint density at radius 2 is 1.04 bits per heavy atom. The molecule has 0 aliphatic rings. The molecular formula is C38H30N4O5Pt2-2. The number of benzene rings is 2. The van der Waals surface area contributed by atoms with Crippen molar-refractivity contribution in [3.8, 4) is 22.5 Å². The molecule has 0 saturated heterocycles. The first-order valence-electron chi connectivity index (χ1n) is 14.5. The van der Waals surface area contributed by atoms with Crippen molar-refractivity contribution in [2.75, 3.05) is 0 Å². The number of hydrogen-bond donors (Lipinski definition) is 2. The van der Waals surface area contributed by atoms with E-state index in [2.05, 4.69) is 32.1 Å². The summed E-state index contributed by atoms with van der Waals surface area (Å²) < 4.78 is 6.47. The number of nitrogens with zero attached hydrogens (tertiary/aromatic N) is 4. The molecule has 0 bridgehead atoms. The molecule has 0 fully saturated rings. The third-order valence-corrected chi connectivity index (χ3v) is 6.77. The molecule has 0 saturated carbocycles. The Labute approximate surface area is 311 Å². The van der Waals surface area contributed by atoms with Gasteiger partial charge >= 0.3 is 0 Å². The van der Waals surface area contributed by atoms with Crippen LogP contribution in [0, 0.1) is 12.1 Å². The largest absolute Gasteiger partial charge is 0.545 e. The number of carbonyl (C=O) groups excluding carboxylic acids is 2. The monoisotopic (exact) mass is 1010 g/mol. The Morgan fingerprint density at radius 3 is 1.39 bits per heavy atom. The summed E-state index contributed by atoms with van der Waals surface area (Å²) in [5.41, 5.74) is 4.70. The fourth-order valence-corrected chi connectivity index (χ4v) is 4.91. The Morgan fingerprint density at radius 1 is 0.633 bits per heavy atom. The Balaban J connectivity index is 0.000000347. The number of rotatable bonds is 4. The summed E-state index contributed by atoms with van der Waals surface area (Å²) in [5, 5.41) is 22.9. The SMILES string of the molecule is CC(=O)/C=C(/C)O.CC(=O)/C=C(/C)O.[Pt].[Pt].[c-]1ccc2c(oc3c(-c4cc5cnccc5cn4)[c-]ccc32)c1-c1cc2cnccc2cn1. The average Bonchev–Trinajstić information content (AvgIpc) is 3.43. The van der Waals surface area contributed by atoms with Gasteiger partial charge in [0.2, 0.25) is 0 Å². The van der Waals surface area contributed by atoms with Crippen molar-refractivity contribution in [2.24, 2.45) is 0 Å². The summed E-state index contributed by atoms with van der Waals surface area (Å²) >= 11 is 0. The van der Waals surface area contributed by atoms with Gasteiger partial charge in [-0.1, -0.05) is 34.0 Å². The van der Waals surface area contributed by atoms with E-state index in [1.54, 1.807) is 12.4 Å². The zero-order valence-electron chi connectivity index (χ0n) is 26.8. The predicted octanol–water partition coefficient (Wildman–Crippen LogP) is 8.48. The first-order valence-corrected chi connectivity index (χ1v) is 14.5. The number of pyridine rings is 4. The van der Waals surface area contributed by atoms with Crippen molar-refractivity contribution in [2.45, 2.75) is 27.7 Å². The Bertz CT molecular complexity index is 2160. The van der Waals surface area contributed by atoms with Crippen LogP contribution in [0.15, 0.2) is 114 Å². The number of furan rings is 1. The van der Waals surface area contributed by atoms with E-state index in [0.717, 1.165) is 66.0 Å². The van der Waals surface area contributed by atoms with Crippen LogP contribution in [-0.4, -0.2) is 41.7 Å². The second-order valence-corrected chi connectivity index (χ2v) is 10.7. The van der Waals surface area contributed by atoms with Gasteiger partial charge in [-0.3, -0.25) is 19.6 Å². The molecule has 0 aliphatic carbocycles. The number of hydrogen-bond acceptors (Lipinski definition) is 9. The number of aliphatic hydroxyl groups is 2. The second-order valence-electron chi connectivity index (χ2n) is 10.7. The van der Waals surface area contributed by atoms with Gasteiger partial charge in [0.15, 0.2) is 11.6 Å². The van der Waals surface area contributed by atoms with E-state index in [1.807, 2.05) is 73.3 Å². The van der Waals surface area contributed by atoms with Gasteiger partial charge < -0.3 is 24.6 Å². The fraction of sp³-hybridized carbons (Fsp3) is 0.105. The molecule has 9 nitrogen and oxygen atoms in total. The third-order valence-electron chi connectivity index (χ3n) is 6.77. The van der Waals surface area contributed by atoms with E-state index in [0.29, 0.717) is 0 Å². The normalized spacial score (nSPS) is 11.1. The molecule has 0 unspecified atom stereocenters. The van der Waals surface area contributed by atoms with Gasteiger partial charge in [0.1, 0.15) is 0 Å². The number of allylic oxidation sites excluding steroid dienone is 4. The molecule has 49 heavy (non-hydrogen) atoms. The smallest absolute Gasteiger partial charge is 0.155 e. The molecule has 2 N–H and O–H groups in total.